The first kappa shape index (κ1) is 10.4. The van der Waals surface area contributed by atoms with Crippen LogP contribution in [0, 0.1) is 0 Å². The van der Waals surface area contributed by atoms with Crippen LogP contribution in [0.1, 0.15) is 19.4 Å². The highest BCUT2D eigenvalue weighted by Crippen LogP contribution is 2.35. The van der Waals surface area contributed by atoms with E-state index in [1.165, 1.54) is 5.56 Å². The molecule has 1 aliphatic rings. The second-order valence-corrected chi connectivity index (χ2v) is 5.21. The maximum Gasteiger partial charge on any atom is 0.145 e. The smallest absolute Gasteiger partial charge is 0.145 e. The number of para-hydroxylation sites is 1. The first-order chi connectivity index (χ1) is 8.09. The van der Waals surface area contributed by atoms with Crippen molar-refractivity contribution in [3.8, 4) is 5.75 Å². The quantitative estimate of drug-likeness (QED) is 0.814. The lowest BCUT2D eigenvalue weighted by Crippen LogP contribution is -2.27. The molecule has 0 radical (unpaired) electrons. The van der Waals surface area contributed by atoms with Gasteiger partial charge in [-0.25, -0.2) is 4.98 Å². The molecule has 3 rings (SSSR count). The number of pyridine rings is 1. The summed E-state index contributed by atoms with van der Waals surface area (Å²) < 4.78 is 5.35. The molecular weight excluding hydrogens is 212 g/mol. The molecule has 2 aromatic rings. The molecular formula is C14H16N2O. The van der Waals surface area contributed by atoms with E-state index in [0.717, 1.165) is 28.9 Å². The topological polar surface area (TPSA) is 34.1 Å². The van der Waals surface area contributed by atoms with Gasteiger partial charge in [0.15, 0.2) is 0 Å². The summed E-state index contributed by atoms with van der Waals surface area (Å²) in [5.41, 5.74) is 2.31. The lowest BCUT2D eigenvalue weighted by Gasteiger charge is -2.17. The van der Waals surface area contributed by atoms with Crippen molar-refractivity contribution in [2.75, 3.05) is 12.4 Å². The third-order valence-electron chi connectivity index (χ3n) is 3.20. The van der Waals surface area contributed by atoms with Gasteiger partial charge in [-0.05, 0) is 38.0 Å². The molecule has 1 aromatic heterocycles. The van der Waals surface area contributed by atoms with E-state index in [-0.39, 0.29) is 5.54 Å². The monoisotopic (exact) mass is 228 g/mol. The number of rotatable bonds is 1. The number of hydrogen-bond acceptors (Lipinski definition) is 3. The van der Waals surface area contributed by atoms with Crippen molar-refractivity contribution in [1.29, 1.82) is 0 Å². The van der Waals surface area contributed by atoms with Crippen LogP contribution in [0.5, 0.6) is 5.75 Å². The summed E-state index contributed by atoms with van der Waals surface area (Å²) in [6.07, 6.45) is 1.02. The summed E-state index contributed by atoms with van der Waals surface area (Å²) in [7, 11) is 1.68. The predicted molar refractivity (Wildman–Crippen MR) is 69.7 cm³/mol. The number of nitrogens with one attached hydrogen (secondary N) is 1. The van der Waals surface area contributed by atoms with Gasteiger partial charge in [-0.15, -0.1) is 0 Å². The van der Waals surface area contributed by atoms with Crippen LogP contribution in [0.3, 0.4) is 0 Å². The van der Waals surface area contributed by atoms with Crippen molar-refractivity contribution in [2.45, 2.75) is 25.8 Å². The summed E-state index contributed by atoms with van der Waals surface area (Å²) >= 11 is 0. The van der Waals surface area contributed by atoms with Crippen molar-refractivity contribution >= 4 is 16.7 Å². The highest BCUT2D eigenvalue weighted by Gasteiger charge is 2.28. The van der Waals surface area contributed by atoms with Crippen molar-refractivity contribution < 1.29 is 4.74 Å². The Morgan fingerprint density at radius 3 is 2.94 bits per heavy atom. The molecule has 0 spiro atoms. The maximum absolute atomic E-state index is 5.35. The van der Waals surface area contributed by atoms with Crippen molar-refractivity contribution in [2.24, 2.45) is 0 Å². The van der Waals surface area contributed by atoms with E-state index in [0.29, 0.717) is 0 Å². The van der Waals surface area contributed by atoms with Gasteiger partial charge >= 0.3 is 0 Å². The molecule has 88 valence electrons. The second kappa shape index (κ2) is 3.36. The Kier molecular flexibility index (Phi) is 2.05. The number of methoxy groups -OCH3 is 1. The van der Waals surface area contributed by atoms with Gasteiger partial charge in [0.05, 0.1) is 7.11 Å². The Morgan fingerprint density at radius 2 is 2.18 bits per heavy atom. The molecule has 0 atom stereocenters. The first-order valence-electron chi connectivity index (χ1n) is 5.84. The summed E-state index contributed by atoms with van der Waals surface area (Å²) in [5, 5.41) is 4.59. The molecule has 3 heteroatoms. The van der Waals surface area contributed by atoms with Gasteiger partial charge in [0.1, 0.15) is 17.1 Å². The molecule has 1 aromatic carbocycles. The third kappa shape index (κ3) is 1.62. The average molecular weight is 228 g/mol. The number of aromatic nitrogens is 1. The van der Waals surface area contributed by atoms with E-state index >= 15 is 0 Å². The fraction of sp³-hybridized carbons (Fsp3) is 0.357. The first-order valence-corrected chi connectivity index (χ1v) is 5.84. The van der Waals surface area contributed by atoms with Crippen LogP contribution >= 0.6 is 0 Å². The summed E-state index contributed by atoms with van der Waals surface area (Å²) in [6, 6.07) is 8.24. The molecule has 0 unspecified atom stereocenters. The van der Waals surface area contributed by atoms with Crippen LogP contribution in [0.15, 0.2) is 24.3 Å². The minimum Gasteiger partial charge on any atom is -0.494 e. The Bertz CT molecular complexity index is 590. The number of anilines is 1. The van der Waals surface area contributed by atoms with Crippen LogP contribution in [-0.2, 0) is 6.42 Å². The summed E-state index contributed by atoms with van der Waals surface area (Å²) in [5.74, 6) is 1.82. The SMILES string of the molecule is COc1cccc2cc3c(nc12)NC(C)(C)C3. The normalized spacial score (nSPS) is 16.6. The van der Waals surface area contributed by atoms with Crippen molar-refractivity contribution in [1.82, 2.24) is 4.98 Å². The van der Waals surface area contributed by atoms with Crippen LogP contribution in [-0.4, -0.2) is 17.6 Å². The average Bonchev–Trinajstić information content (AvgIpc) is 2.57. The molecule has 0 amide bonds. The standard InChI is InChI=1S/C14H16N2O/c1-14(2)8-10-7-9-5-4-6-11(17-3)12(9)15-13(10)16-14/h4-7H,8H2,1-3H3,(H,15,16). The largest absolute Gasteiger partial charge is 0.494 e. The molecule has 0 bridgehead atoms. The zero-order valence-electron chi connectivity index (χ0n) is 10.4. The van der Waals surface area contributed by atoms with E-state index in [1.54, 1.807) is 7.11 Å². The zero-order valence-corrected chi connectivity index (χ0v) is 10.4. The zero-order chi connectivity index (χ0) is 12.0. The number of nitrogens with zero attached hydrogens (tertiary/aromatic N) is 1. The van der Waals surface area contributed by atoms with Gasteiger partial charge in [0.2, 0.25) is 0 Å². The molecule has 1 N–H and O–H groups in total. The van der Waals surface area contributed by atoms with E-state index < -0.39 is 0 Å². The number of ether oxygens (including phenoxy) is 1. The fourth-order valence-corrected chi connectivity index (χ4v) is 2.46. The summed E-state index contributed by atoms with van der Waals surface area (Å²) in [6.45, 7) is 4.38. The van der Waals surface area contributed by atoms with Crippen molar-refractivity contribution in [3.63, 3.8) is 0 Å². The van der Waals surface area contributed by atoms with Crippen LogP contribution in [0.4, 0.5) is 5.82 Å². The van der Waals surface area contributed by atoms with Gasteiger partial charge in [0.25, 0.3) is 0 Å². The van der Waals surface area contributed by atoms with Gasteiger partial charge in [0, 0.05) is 10.9 Å². The predicted octanol–water partition coefficient (Wildman–Crippen LogP) is 2.99. The molecule has 3 nitrogen and oxygen atoms in total. The van der Waals surface area contributed by atoms with E-state index in [4.69, 9.17) is 4.74 Å². The van der Waals surface area contributed by atoms with Gasteiger partial charge < -0.3 is 10.1 Å². The van der Waals surface area contributed by atoms with E-state index in [9.17, 15) is 0 Å². The minimum absolute atomic E-state index is 0.0972. The molecule has 0 aliphatic carbocycles. The third-order valence-corrected chi connectivity index (χ3v) is 3.20. The molecule has 0 saturated heterocycles. The lowest BCUT2D eigenvalue weighted by molar-refractivity contribution is 0.419. The van der Waals surface area contributed by atoms with E-state index in [1.807, 2.05) is 12.1 Å². The van der Waals surface area contributed by atoms with Crippen LogP contribution in [0.25, 0.3) is 10.9 Å². The Morgan fingerprint density at radius 1 is 1.35 bits per heavy atom. The molecule has 0 fully saturated rings. The fourth-order valence-electron chi connectivity index (χ4n) is 2.46. The van der Waals surface area contributed by atoms with Crippen molar-refractivity contribution in [3.05, 3.63) is 29.8 Å². The Hall–Kier alpha value is -1.77. The molecule has 1 aliphatic heterocycles. The summed E-state index contributed by atoms with van der Waals surface area (Å²) in [4.78, 5) is 4.69. The number of benzene rings is 1. The van der Waals surface area contributed by atoms with Gasteiger partial charge in [-0.3, -0.25) is 0 Å². The van der Waals surface area contributed by atoms with Gasteiger partial charge in [-0.2, -0.15) is 0 Å². The highest BCUT2D eigenvalue weighted by atomic mass is 16.5. The number of fused-ring (bicyclic) bond motifs is 2. The van der Waals surface area contributed by atoms with E-state index in [2.05, 4.69) is 36.3 Å². The second-order valence-electron chi connectivity index (χ2n) is 5.21. The Balaban J connectivity index is 2.23. The molecule has 17 heavy (non-hydrogen) atoms. The van der Waals surface area contributed by atoms with Gasteiger partial charge in [-0.1, -0.05) is 12.1 Å². The van der Waals surface area contributed by atoms with Crippen LogP contribution in [0.2, 0.25) is 0 Å². The highest BCUT2D eigenvalue weighted by molar-refractivity contribution is 5.87. The minimum atomic E-state index is 0.0972. The van der Waals surface area contributed by atoms with Crippen LogP contribution < -0.4 is 10.1 Å². The number of hydrogen-bond donors (Lipinski definition) is 1. The molecule has 2 heterocycles. The lowest BCUT2D eigenvalue weighted by atomic mass is 10.00. The Labute approximate surface area is 101 Å². The maximum atomic E-state index is 5.35. The molecule has 0 saturated carbocycles.